The molecule has 1 aromatic heterocycles. The fourth-order valence-corrected chi connectivity index (χ4v) is 3.94. The summed E-state index contributed by atoms with van der Waals surface area (Å²) in [5, 5.41) is 0. The van der Waals surface area contributed by atoms with Crippen LogP contribution < -0.4 is 0 Å². The number of ether oxygens (including phenoxy) is 1. The molecule has 0 spiro atoms. The lowest BCUT2D eigenvalue weighted by Gasteiger charge is -2.47. The largest absolute Gasteiger partial charge is 0.374 e. The summed E-state index contributed by atoms with van der Waals surface area (Å²) in [6.07, 6.45) is 5.48. The fraction of sp³-hybridized carbons (Fsp3) is 0.450. The summed E-state index contributed by atoms with van der Waals surface area (Å²) in [6, 6.07) is 4.86. The second kappa shape index (κ2) is 7.70. The van der Waals surface area contributed by atoms with Crippen LogP contribution in [0.15, 0.2) is 36.8 Å². The Morgan fingerprint density at radius 3 is 3.04 bits per heavy atom. The number of benzene rings is 1. The lowest BCUT2D eigenvalue weighted by molar-refractivity contribution is -0.0915. The van der Waals surface area contributed by atoms with E-state index in [0.717, 1.165) is 24.1 Å². The van der Waals surface area contributed by atoms with Crippen LogP contribution in [0.25, 0.3) is 0 Å². The molecule has 0 radical (unpaired) electrons. The van der Waals surface area contributed by atoms with Crippen LogP contribution in [0.4, 0.5) is 4.39 Å². The van der Waals surface area contributed by atoms with E-state index in [4.69, 9.17) is 4.74 Å². The Labute approximate surface area is 158 Å². The number of fused-ring (bicyclic) bond motifs is 1. The second-order valence-electron chi connectivity index (χ2n) is 7.16. The first kappa shape index (κ1) is 18.0. The topological polar surface area (TPSA) is 58.6 Å². The molecular formula is C20H23FN4O2. The van der Waals surface area contributed by atoms with Crippen LogP contribution in [0.1, 0.15) is 28.0 Å². The Bertz CT molecular complexity index is 817. The van der Waals surface area contributed by atoms with Gasteiger partial charge < -0.3 is 9.64 Å². The molecule has 0 bridgehead atoms. The average Bonchev–Trinajstić information content (AvgIpc) is 2.70. The number of hydrogen-bond acceptors (Lipinski definition) is 5. The maximum absolute atomic E-state index is 13.6. The number of likely N-dealkylation sites (tertiary alicyclic amines) is 1. The fourth-order valence-electron chi connectivity index (χ4n) is 3.94. The smallest absolute Gasteiger partial charge is 0.274 e. The molecule has 142 valence electrons. The van der Waals surface area contributed by atoms with Crippen LogP contribution in [0, 0.1) is 12.7 Å². The molecule has 4 rings (SSSR count). The summed E-state index contributed by atoms with van der Waals surface area (Å²) >= 11 is 0. The van der Waals surface area contributed by atoms with Crippen molar-refractivity contribution in [2.75, 3.05) is 26.2 Å². The van der Waals surface area contributed by atoms with Crippen molar-refractivity contribution < 1.29 is 13.9 Å². The molecule has 27 heavy (non-hydrogen) atoms. The van der Waals surface area contributed by atoms with E-state index in [1.807, 2.05) is 17.9 Å². The third-order valence-electron chi connectivity index (χ3n) is 5.42. The van der Waals surface area contributed by atoms with Crippen molar-refractivity contribution in [2.24, 2.45) is 0 Å². The van der Waals surface area contributed by atoms with Gasteiger partial charge in [-0.2, -0.15) is 0 Å². The van der Waals surface area contributed by atoms with Gasteiger partial charge in [0.2, 0.25) is 0 Å². The van der Waals surface area contributed by atoms with Crippen LogP contribution >= 0.6 is 0 Å². The number of halogens is 1. The molecule has 2 atom stereocenters. The predicted molar refractivity (Wildman–Crippen MR) is 97.6 cm³/mol. The first-order valence-electron chi connectivity index (χ1n) is 9.28. The van der Waals surface area contributed by atoms with Crippen LogP contribution in [-0.4, -0.2) is 64.1 Å². The minimum absolute atomic E-state index is 0.0316. The van der Waals surface area contributed by atoms with Gasteiger partial charge in [-0.1, -0.05) is 6.07 Å². The Morgan fingerprint density at radius 1 is 1.33 bits per heavy atom. The van der Waals surface area contributed by atoms with Crippen molar-refractivity contribution in [3.8, 4) is 0 Å². The van der Waals surface area contributed by atoms with Gasteiger partial charge >= 0.3 is 0 Å². The highest BCUT2D eigenvalue weighted by Gasteiger charge is 2.39. The van der Waals surface area contributed by atoms with Gasteiger partial charge in [0.25, 0.3) is 5.91 Å². The molecule has 0 unspecified atom stereocenters. The minimum atomic E-state index is -0.217. The average molecular weight is 370 g/mol. The standard InChI is InChI=1S/C20H23FN4O2/c1-14-2-3-16(21)10-15(14)12-24-7-4-19-18(13-24)25(8-9-27-19)20(26)17-11-22-5-6-23-17/h2-3,5-6,10-11,18-19H,4,7-9,12-13H2,1H3/t18-,19+/m1/s1. The second-order valence-corrected chi connectivity index (χ2v) is 7.16. The van der Waals surface area contributed by atoms with Crippen molar-refractivity contribution in [1.82, 2.24) is 19.8 Å². The van der Waals surface area contributed by atoms with Crippen LogP contribution in [0.3, 0.4) is 0 Å². The van der Waals surface area contributed by atoms with Gasteiger partial charge in [-0.3, -0.25) is 14.7 Å². The maximum atomic E-state index is 13.6. The Kier molecular flexibility index (Phi) is 5.13. The molecule has 0 N–H and O–H groups in total. The molecule has 2 saturated heterocycles. The number of amides is 1. The van der Waals surface area contributed by atoms with Crippen molar-refractivity contribution in [3.63, 3.8) is 0 Å². The monoisotopic (exact) mass is 370 g/mol. The zero-order valence-corrected chi connectivity index (χ0v) is 15.3. The Morgan fingerprint density at radius 2 is 2.22 bits per heavy atom. The van der Waals surface area contributed by atoms with E-state index < -0.39 is 0 Å². The molecule has 0 aliphatic carbocycles. The number of aryl methyl sites for hydroxylation is 1. The van der Waals surface area contributed by atoms with E-state index in [1.165, 1.54) is 18.5 Å². The molecule has 2 aliphatic rings. The highest BCUT2D eigenvalue weighted by molar-refractivity contribution is 5.92. The van der Waals surface area contributed by atoms with Crippen LogP contribution in [0.2, 0.25) is 0 Å². The van der Waals surface area contributed by atoms with Gasteiger partial charge in [0, 0.05) is 38.6 Å². The first-order valence-corrected chi connectivity index (χ1v) is 9.28. The van der Waals surface area contributed by atoms with Crippen molar-refractivity contribution in [1.29, 1.82) is 0 Å². The summed E-state index contributed by atoms with van der Waals surface area (Å²) in [6.45, 7) is 5.31. The van der Waals surface area contributed by atoms with Gasteiger partial charge in [0.1, 0.15) is 11.5 Å². The molecule has 2 aromatic rings. The first-order chi connectivity index (χ1) is 13.1. The molecule has 1 amide bonds. The van der Waals surface area contributed by atoms with Crippen LogP contribution in [-0.2, 0) is 11.3 Å². The summed E-state index contributed by atoms with van der Waals surface area (Å²) in [5.74, 6) is -0.323. The molecule has 3 heterocycles. The lowest BCUT2D eigenvalue weighted by Crippen LogP contribution is -2.61. The normalized spacial score (nSPS) is 23.1. The maximum Gasteiger partial charge on any atom is 0.274 e. The molecular weight excluding hydrogens is 347 g/mol. The minimum Gasteiger partial charge on any atom is -0.374 e. The molecule has 6 nitrogen and oxygen atoms in total. The third kappa shape index (κ3) is 3.84. The summed E-state index contributed by atoms with van der Waals surface area (Å²) in [7, 11) is 0. The molecule has 7 heteroatoms. The zero-order valence-electron chi connectivity index (χ0n) is 15.3. The molecule has 2 aliphatic heterocycles. The number of carbonyl (C=O) groups excluding carboxylic acids is 1. The van der Waals surface area contributed by atoms with E-state index in [-0.39, 0.29) is 23.9 Å². The van der Waals surface area contributed by atoms with E-state index >= 15 is 0 Å². The highest BCUT2D eigenvalue weighted by atomic mass is 19.1. The highest BCUT2D eigenvalue weighted by Crippen LogP contribution is 2.26. The number of nitrogens with zero attached hydrogens (tertiary/aromatic N) is 4. The van der Waals surface area contributed by atoms with E-state index in [1.54, 1.807) is 12.3 Å². The van der Waals surface area contributed by atoms with Crippen LogP contribution in [0.5, 0.6) is 0 Å². The van der Waals surface area contributed by atoms with E-state index in [0.29, 0.717) is 31.9 Å². The number of hydrogen-bond donors (Lipinski definition) is 0. The summed E-state index contributed by atoms with van der Waals surface area (Å²) in [4.78, 5) is 25.2. The lowest BCUT2D eigenvalue weighted by atomic mass is 9.97. The molecule has 0 saturated carbocycles. The van der Waals surface area contributed by atoms with E-state index in [9.17, 15) is 9.18 Å². The summed E-state index contributed by atoms with van der Waals surface area (Å²) in [5.41, 5.74) is 2.42. The number of aromatic nitrogens is 2. The quantitative estimate of drug-likeness (QED) is 0.828. The number of morpholine rings is 1. The predicted octanol–water partition coefficient (Wildman–Crippen LogP) is 2.04. The number of rotatable bonds is 3. The van der Waals surface area contributed by atoms with Crippen molar-refractivity contribution in [3.05, 3.63) is 59.4 Å². The Hall–Kier alpha value is -2.38. The van der Waals surface area contributed by atoms with Crippen molar-refractivity contribution in [2.45, 2.75) is 32.0 Å². The van der Waals surface area contributed by atoms with E-state index in [2.05, 4.69) is 14.9 Å². The SMILES string of the molecule is Cc1ccc(F)cc1CN1CC[C@@H]2OCCN(C(=O)c3cnccn3)[C@@H]2C1. The van der Waals surface area contributed by atoms with Gasteiger partial charge in [-0.25, -0.2) is 9.37 Å². The van der Waals surface area contributed by atoms with Gasteiger partial charge in [0.05, 0.1) is 24.9 Å². The molecule has 2 fully saturated rings. The van der Waals surface area contributed by atoms with Gasteiger partial charge in [-0.05, 0) is 36.6 Å². The zero-order chi connectivity index (χ0) is 18.8. The molecule has 1 aromatic carbocycles. The third-order valence-corrected chi connectivity index (χ3v) is 5.42. The Balaban J connectivity index is 1.50. The van der Waals surface area contributed by atoms with Gasteiger partial charge in [-0.15, -0.1) is 0 Å². The number of carbonyl (C=O) groups is 1. The summed E-state index contributed by atoms with van der Waals surface area (Å²) < 4.78 is 19.5. The van der Waals surface area contributed by atoms with Gasteiger partial charge in [0.15, 0.2) is 0 Å². The van der Waals surface area contributed by atoms with Crippen molar-refractivity contribution >= 4 is 5.91 Å². The number of piperidine rings is 1.